The van der Waals surface area contributed by atoms with Crippen LogP contribution in [-0.2, 0) is 20.5 Å². The van der Waals surface area contributed by atoms with Crippen LogP contribution in [0.15, 0.2) is 42.6 Å². The molecule has 3 saturated heterocycles. The standard InChI is InChI=1S/C24H28N6O2/c1-15-10-18(29-9-8-23(2,14-29)17-6-4-3-5-7-17)12-30-20(15)26-22(28-30)24-11-16(13-32-24)19(24)21(31)27-25/h3-7,10,12,16,19H,8-9,11,13-14,25H2,1-2H3,(H,27,31)/t16?,19?,23-,24?/m0/s1. The summed E-state index contributed by atoms with van der Waals surface area (Å²) < 4.78 is 7.89. The maximum Gasteiger partial charge on any atom is 0.240 e. The predicted molar refractivity (Wildman–Crippen MR) is 120 cm³/mol. The van der Waals surface area contributed by atoms with E-state index in [-0.39, 0.29) is 23.2 Å². The Morgan fingerprint density at radius 2 is 2.12 bits per heavy atom. The molecule has 1 saturated carbocycles. The molecule has 3 aromatic rings. The molecule has 0 radical (unpaired) electrons. The molecule has 166 valence electrons. The Bertz CT molecular complexity index is 1210. The second kappa shape index (κ2) is 6.76. The first-order valence-corrected chi connectivity index (χ1v) is 11.3. The van der Waals surface area contributed by atoms with E-state index in [4.69, 9.17) is 20.7 Å². The zero-order valence-corrected chi connectivity index (χ0v) is 18.4. The van der Waals surface area contributed by atoms with Crippen LogP contribution in [0.4, 0.5) is 5.69 Å². The first-order chi connectivity index (χ1) is 15.4. The molecular weight excluding hydrogens is 404 g/mol. The third-order valence-corrected chi connectivity index (χ3v) is 7.81. The number of benzene rings is 1. The quantitative estimate of drug-likeness (QED) is 0.372. The summed E-state index contributed by atoms with van der Waals surface area (Å²) in [7, 11) is 0. The van der Waals surface area contributed by atoms with E-state index in [9.17, 15) is 4.79 Å². The fourth-order valence-electron chi connectivity index (χ4n) is 5.97. The summed E-state index contributed by atoms with van der Waals surface area (Å²) >= 11 is 0. The van der Waals surface area contributed by atoms with Crippen LogP contribution in [0.25, 0.3) is 5.65 Å². The van der Waals surface area contributed by atoms with Crippen molar-refractivity contribution < 1.29 is 9.53 Å². The van der Waals surface area contributed by atoms with Gasteiger partial charge in [0.15, 0.2) is 11.5 Å². The highest BCUT2D eigenvalue weighted by atomic mass is 16.5. The van der Waals surface area contributed by atoms with Gasteiger partial charge in [-0.15, -0.1) is 5.10 Å². The van der Waals surface area contributed by atoms with Crippen LogP contribution in [0.5, 0.6) is 0 Å². The molecule has 1 aromatic carbocycles. The number of nitrogens with zero attached hydrogens (tertiary/aromatic N) is 4. The van der Waals surface area contributed by atoms with Gasteiger partial charge in [-0.3, -0.25) is 10.2 Å². The molecule has 3 unspecified atom stereocenters. The molecule has 1 amide bonds. The molecule has 1 aliphatic carbocycles. The first-order valence-electron chi connectivity index (χ1n) is 11.3. The molecule has 4 fully saturated rings. The Balaban J connectivity index is 1.33. The van der Waals surface area contributed by atoms with Gasteiger partial charge in [-0.1, -0.05) is 37.3 Å². The number of hydrazine groups is 1. The lowest BCUT2D eigenvalue weighted by atomic mass is 9.63. The molecule has 0 spiro atoms. The number of fused-ring (bicyclic) bond motifs is 2. The number of rotatable bonds is 4. The molecule has 4 atom stereocenters. The Morgan fingerprint density at radius 1 is 1.31 bits per heavy atom. The number of hydrogen-bond donors (Lipinski definition) is 2. The molecule has 2 bridgehead atoms. The van der Waals surface area contributed by atoms with E-state index in [1.165, 1.54) is 5.56 Å². The van der Waals surface area contributed by atoms with Crippen LogP contribution in [0.1, 0.15) is 36.7 Å². The van der Waals surface area contributed by atoms with Crippen LogP contribution in [0.3, 0.4) is 0 Å². The molecule has 8 nitrogen and oxygen atoms in total. The highest BCUT2D eigenvalue weighted by Crippen LogP contribution is 2.59. The minimum Gasteiger partial charge on any atom is -0.369 e. The summed E-state index contributed by atoms with van der Waals surface area (Å²) in [4.78, 5) is 19.6. The summed E-state index contributed by atoms with van der Waals surface area (Å²) in [6.45, 7) is 6.89. The second-order valence-electron chi connectivity index (χ2n) is 9.83. The second-order valence-corrected chi connectivity index (χ2v) is 9.83. The number of pyridine rings is 1. The average Bonchev–Trinajstić information content (AvgIpc) is 3.56. The highest BCUT2D eigenvalue weighted by Gasteiger charge is 2.67. The lowest BCUT2D eigenvalue weighted by molar-refractivity contribution is -0.143. The zero-order chi connectivity index (χ0) is 22.1. The Labute approximate surface area is 186 Å². The number of nitrogens with one attached hydrogen (secondary N) is 1. The minimum atomic E-state index is -0.758. The summed E-state index contributed by atoms with van der Waals surface area (Å²) in [6.07, 6.45) is 3.91. The molecule has 32 heavy (non-hydrogen) atoms. The van der Waals surface area contributed by atoms with E-state index in [0.29, 0.717) is 12.4 Å². The van der Waals surface area contributed by atoms with Gasteiger partial charge >= 0.3 is 0 Å². The van der Waals surface area contributed by atoms with Crippen molar-refractivity contribution >= 4 is 17.2 Å². The Hall–Kier alpha value is -2.97. The van der Waals surface area contributed by atoms with Crippen LogP contribution in [-0.4, -0.2) is 40.2 Å². The van der Waals surface area contributed by atoms with Gasteiger partial charge in [0.05, 0.1) is 24.4 Å². The summed E-state index contributed by atoms with van der Waals surface area (Å²) in [5.41, 5.74) is 6.02. The number of aryl methyl sites for hydroxylation is 1. The molecule has 5 heterocycles. The number of hydrogen-bond acceptors (Lipinski definition) is 6. The van der Waals surface area contributed by atoms with Crippen molar-refractivity contribution in [2.24, 2.45) is 17.7 Å². The van der Waals surface area contributed by atoms with Crippen molar-refractivity contribution in [3.8, 4) is 0 Å². The normalized spacial score (nSPS) is 31.2. The monoisotopic (exact) mass is 432 g/mol. The highest BCUT2D eigenvalue weighted by molar-refractivity contribution is 5.81. The number of anilines is 1. The first kappa shape index (κ1) is 19.7. The van der Waals surface area contributed by atoms with Gasteiger partial charge < -0.3 is 9.64 Å². The number of ether oxygens (including phenoxy) is 1. The van der Waals surface area contributed by atoms with Crippen molar-refractivity contribution in [3.63, 3.8) is 0 Å². The van der Waals surface area contributed by atoms with Crippen LogP contribution in [0, 0.1) is 18.8 Å². The van der Waals surface area contributed by atoms with Crippen LogP contribution < -0.4 is 16.2 Å². The smallest absolute Gasteiger partial charge is 0.240 e. The largest absolute Gasteiger partial charge is 0.369 e. The Morgan fingerprint density at radius 3 is 2.88 bits per heavy atom. The summed E-state index contributed by atoms with van der Waals surface area (Å²) in [5, 5.41) is 4.79. The molecule has 7 rings (SSSR count). The van der Waals surface area contributed by atoms with Gasteiger partial charge in [-0.05, 0) is 37.0 Å². The lowest BCUT2D eigenvalue weighted by Crippen LogP contribution is -2.54. The van der Waals surface area contributed by atoms with E-state index in [0.717, 1.165) is 42.8 Å². The number of amides is 1. The molecule has 8 heteroatoms. The van der Waals surface area contributed by atoms with Crippen LogP contribution in [0.2, 0.25) is 0 Å². The topological polar surface area (TPSA) is 97.8 Å². The maximum atomic E-state index is 12.3. The SMILES string of the molecule is Cc1cc(N2CC[C@](C)(c3ccccc3)C2)cn2nc(C34CC(CO3)C4C(=O)NN)nc12. The van der Waals surface area contributed by atoms with E-state index < -0.39 is 5.60 Å². The maximum absolute atomic E-state index is 12.3. The molecular formula is C24H28N6O2. The van der Waals surface area contributed by atoms with E-state index in [1.54, 1.807) is 0 Å². The van der Waals surface area contributed by atoms with Gasteiger partial charge in [0.2, 0.25) is 5.91 Å². The van der Waals surface area contributed by atoms with Crippen molar-refractivity contribution in [1.29, 1.82) is 0 Å². The van der Waals surface area contributed by atoms with Gasteiger partial charge in [-0.25, -0.2) is 15.3 Å². The number of carbonyl (C=O) groups excluding carboxylic acids is 1. The van der Waals surface area contributed by atoms with Gasteiger partial charge in [0.1, 0.15) is 5.60 Å². The van der Waals surface area contributed by atoms with Crippen molar-refractivity contribution in [3.05, 3.63) is 59.5 Å². The summed E-state index contributed by atoms with van der Waals surface area (Å²) in [5.74, 6) is 5.65. The van der Waals surface area contributed by atoms with E-state index in [1.807, 2.05) is 4.52 Å². The van der Waals surface area contributed by atoms with Crippen molar-refractivity contribution in [2.45, 2.75) is 37.7 Å². The average molecular weight is 433 g/mol. The number of aromatic nitrogens is 3. The third-order valence-electron chi connectivity index (χ3n) is 7.81. The van der Waals surface area contributed by atoms with Crippen LogP contribution >= 0.6 is 0 Å². The van der Waals surface area contributed by atoms with E-state index in [2.05, 4.69) is 66.8 Å². The summed E-state index contributed by atoms with van der Waals surface area (Å²) in [6, 6.07) is 12.9. The molecule has 2 aromatic heterocycles. The molecule has 4 aliphatic rings. The van der Waals surface area contributed by atoms with Crippen molar-refractivity contribution in [1.82, 2.24) is 20.0 Å². The third kappa shape index (κ3) is 2.66. The fourth-order valence-corrected chi connectivity index (χ4v) is 5.97. The fraction of sp³-hybridized carbons (Fsp3) is 0.458. The Kier molecular flexibility index (Phi) is 4.16. The predicted octanol–water partition coefficient (Wildman–Crippen LogP) is 2.06. The zero-order valence-electron chi connectivity index (χ0n) is 18.4. The number of nitrogens with two attached hydrogens (primary N) is 1. The van der Waals surface area contributed by atoms with Gasteiger partial charge in [0.25, 0.3) is 0 Å². The molecule has 3 N–H and O–H groups in total. The van der Waals surface area contributed by atoms with Crippen molar-refractivity contribution in [2.75, 3.05) is 24.6 Å². The van der Waals surface area contributed by atoms with Gasteiger partial charge in [-0.2, -0.15) is 0 Å². The lowest BCUT2D eigenvalue weighted by Gasteiger charge is -2.41. The minimum absolute atomic E-state index is 0.123. The van der Waals surface area contributed by atoms with Gasteiger partial charge in [0, 0.05) is 24.4 Å². The number of carbonyl (C=O) groups is 1. The molecule has 3 aliphatic heterocycles. The van der Waals surface area contributed by atoms with E-state index >= 15 is 0 Å².